The number of rotatable bonds is 5. The molecule has 0 bridgehead atoms. The number of nitrogens with zero attached hydrogens (tertiary/aromatic N) is 4. The summed E-state index contributed by atoms with van der Waals surface area (Å²) in [5, 5.41) is 22.1. The number of hydrogen-bond acceptors (Lipinski definition) is 6. The molecule has 1 aliphatic heterocycles. The quantitative estimate of drug-likeness (QED) is 0.261. The van der Waals surface area contributed by atoms with Gasteiger partial charge in [0.1, 0.15) is 11.1 Å². The van der Waals surface area contributed by atoms with Crippen LogP contribution in [0.25, 0.3) is 5.70 Å². The number of carbonyl (C=O) groups excluding carboxylic acids is 1. The van der Waals surface area contributed by atoms with Gasteiger partial charge < -0.3 is 5.32 Å². The molecule has 0 radical (unpaired) electrons. The Morgan fingerprint density at radius 1 is 1.06 bits per heavy atom. The largest absolute Gasteiger partial charge is 0.324 e. The minimum atomic E-state index is -0.649. The van der Waals surface area contributed by atoms with Gasteiger partial charge in [0.25, 0.3) is 17.5 Å². The molecule has 0 saturated carbocycles. The fourth-order valence-electron chi connectivity index (χ4n) is 3.70. The average molecular weight is 507 g/mol. The van der Waals surface area contributed by atoms with Gasteiger partial charge >= 0.3 is 0 Å². The molecule has 9 nitrogen and oxygen atoms in total. The number of anilines is 2. The van der Waals surface area contributed by atoms with Crippen LogP contribution < -0.4 is 10.6 Å². The molecule has 35 heavy (non-hydrogen) atoms. The fourth-order valence-corrected chi connectivity index (χ4v) is 4.01. The Morgan fingerprint density at radius 2 is 1.80 bits per heavy atom. The average Bonchev–Trinajstić information content (AvgIpc) is 3.27. The molecule has 0 saturated heterocycles. The number of fused-ring (bicyclic) bond motifs is 1. The van der Waals surface area contributed by atoms with E-state index in [0.29, 0.717) is 11.0 Å². The van der Waals surface area contributed by atoms with E-state index in [1.807, 2.05) is 48.5 Å². The van der Waals surface area contributed by atoms with Crippen molar-refractivity contribution in [2.45, 2.75) is 6.04 Å². The van der Waals surface area contributed by atoms with Gasteiger partial charge in [0.15, 0.2) is 0 Å². The van der Waals surface area contributed by atoms with Crippen molar-refractivity contribution in [3.05, 3.63) is 116 Å². The van der Waals surface area contributed by atoms with E-state index in [-0.39, 0.29) is 28.3 Å². The highest BCUT2D eigenvalue weighted by molar-refractivity contribution is 6.32. The second kappa shape index (κ2) is 9.21. The highest BCUT2D eigenvalue weighted by atomic mass is 35.5. The highest BCUT2D eigenvalue weighted by Gasteiger charge is 2.26. The number of allylic oxidation sites excluding steroid dienone is 1. The lowest BCUT2D eigenvalue weighted by Gasteiger charge is -2.24. The predicted molar refractivity (Wildman–Crippen MR) is 134 cm³/mol. The van der Waals surface area contributed by atoms with Crippen molar-refractivity contribution in [3.63, 3.8) is 0 Å². The third kappa shape index (κ3) is 4.59. The monoisotopic (exact) mass is 506 g/mol. The van der Waals surface area contributed by atoms with Crippen molar-refractivity contribution in [2.24, 2.45) is 0 Å². The Morgan fingerprint density at radius 3 is 2.51 bits per heavy atom. The van der Waals surface area contributed by atoms with Gasteiger partial charge in [-0.2, -0.15) is 4.98 Å². The lowest BCUT2D eigenvalue weighted by Crippen LogP contribution is -2.20. The van der Waals surface area contributed by atoms with E-state index >= 15 is 0 Å². The summed E-state index contributed by atoms with van der Waals surface area (Å²) < 4.78 is 1.65. The Hall–Kier alpha value is -4.21. The van der Waals surface area contributed by atoms with Crippen LogP contribution in [0.5, 0.6) is 0 Å². The van der Waals surface area contributed by atoms with Crippen molar-refractivity contribution in [2.75, 3.05) is 10.6 Å². The van der Waals surface area contributed by atoms with Crippen LogP contribution in [-0.4, -0.2) is 25.6 Å². The second-order valence-electron chi connectivity index (χ2n) is 7.65. The Kier molecular flexibility index (Phi) is 5.94. The second-order valence-corrected chi connectivity index (χ2v) is 8.49. The van der Waals surface area contributed by atoms with Gasteiger partial charge in [-0.05, 0) is 41.5 Å². The molecular formula is C24H16Cl2N6O3. The number of nitro benzene ring substituents is 1. The maximum absolute atomic E-state index is 12.8. The lowest BCUT2D eigenvalue weighted by molar-refractivity contribution is -0.384. The number of hydrogen-bond donors (Lipinski definition) is 2. The number of aromatic nitrogens is 3. The minimum absolute atomic E-state index is 0.0387. The summed E-state index contributed by atoms with van der Waals surface area (Å²) in [5.41, 5.74) is 2.40. The minimum Gasteiger partial charge on any atom is -0.324 e. The molecule has 1 aromatic heterocycles. The van der Waals surface area contributed by atoms with Crippen LogP contribution in [-0.2, 0) is 0 Å². The van der Waals surface area contributed by atoms with E-state index in [2.05, 4.69) is 20.7 Å². The van der Waals surface area contributed by atoms with Crippen LogP contribution >= 0.6 is 23.2 Å². The van der Waals surface area contributed by atoms with E-state index in [1.54, 1.807) is 16.8 Å². The van der Waals surface area contributed by atoms with Crippen molar-refractivity contribution in [3.8, 4) is 0 Å². The smallest absolute Gasteiger partial charge is 0.288 e. The Bertz CT molecular complexity index is 1470. The summed E-state index contributed by atoms with van der Waals surface area (Å²) in [6, 6.07) is 20.6. The first-order valence-corrected chi connectivity index (χ1v) is 11.2. The Labute approximate surface area is 209 Å². The number of carbonyl (C=O) groups is 1. The molecular weight excluding hydrogens is 491 g/mol. The van der Waals surface area contributed by atoms with Crippen molar-refractivity contribution in [1.29, 1.82) is 0 Å². The molecule has 0 unspecified atom stereocenters. The number of halogens is 2. The van der Waals surface area contributed by atoms with Crippen LogP contribution in [0.4, 0.5) is 17.6 Å². The summed E-state index contributed by atoms with van der Waals surface area (Å²) in [5.74, 6) is -0.146. The first-order chi connectivity index (χ1) is 16.9. The highest BCUT2D eigenvalue weighted by Crippen LogP contribution is 2.34. The van der Waals surface area contributed by atoms with Gasteiger partial charge in [-0.15, -0.1) is 5.10 Å². The fraction of sp³-hybridized carbons (Fsp3) is 0.0417. The maximum Gasteiger partial charge on any atom is 0.288 e. The number of nitro groups is 1. The SMILES string of the molecule is O=C(Nc1nc2n(n1)[C@@H](c1ccc(Cl)cc1)C=C(c1ccccc1)N2)c1ccc(Cl)c([N+](=O)[O-])c1. The van der Waals surface area contributed by atoms with Crippen molar-refractivity contribution >= 4 is 52.4 Å². The van der Waals surface area contributed by atoms with Crippen LogP contribution in [0.2, 0.25) is 10.0 Å². The standard InChI is InChI=1S/C24H16Cl2N6O3/c25-17-9-6-15(7-10-17)20-13-19(14-4-2-1-3-5-14)27-24-29-23(30-31(20)24)28-22(33)16-8-11-18(26)21(12-16)32(34)35/h1-13,20H,(H2,27,28,29,30,33)/t20-/m1/s1. The third-order valence-corrected chi connectivity index (χ3v) is 5.96. The third-order valence-electron chi connectivity index (χ3n) is 5.39. The van der Waals surface area contributed by atoms with Crippen LogP contribution in [0, 0.1) is 10.1 Å². The molecule has 1 atom stereocenters. The van der Waals surface area contributed by atoms with Gasteiger partial charge in [0, 0.05) is 22.3 Å². The summed E-state index contributed by atoms with van der Waals surface area (Å²) in [6.07, 6.45) is 2.01. The first-order valence-electron chi connectivity index (χ1n) is 10.4. The number of amides is 1. The lowest BCUT2D eigenvalue weighted by atomic mass is 10.0. The number of benzene rings is 3. The predicted octanol–water partition coefficient (Wildman–Crippen LogP) is 5.80. The zero-order valence-electron chi connectivity index (χ0n) is 17.9. The molecule has 2 N–H and O–H groups in total. The first kappa shape index (κ1) is 22.6. The van der Waals surface area contributed by atoms with E-state index in [0.717, 1.165) is 22.9 Å². The summed E-state index contributed by atoms with van der Waals surface area (Å²) in [7, 11) is 0. The van der Waals surface area contributed by atoms with Crippen LogP contribution in [0.3, 0.4) is 0 Å². The zero-order valence-corrected chi connectivity index (χ0v) is 19.4. The summed E-state index contributed by atoms with van der Waals surface area (Å²) in [6.45, 7) is 0. The van der Waals surface area contributed by atoms with Crippen LogP contribution in [0.1, 0.15) is 27.5 Å². The molecule has 3 aromatic carbocycles. The Balaban J connectivity index is 1.49. The van der Waals surface area contributed by atoms with E-state index < -0.39 is 10.8 Å². The molecule has 1 aliphatic rings. The molecule has 1 amide bonds. The van der Waals surface area contributed by atoms with Gasteiger partial charge in [-0.25, -0.2) is 4.68 Å². The van der Waals surface area contributed by atoms with Crippen molar-refractivity contribution < 1.29 is 9.72 Å². The normalized spacial score (nSPS) is 14.5. The van der Waals surface area contributed by atoms with Gasteiger partial charge in [-0.1, -0.05) is 65.7 Å². The maximum atomic E-state index is 12.8. The van der Waals surface area contributed by atoms with Crippen molar-refractivity contribution in [1.82, 2.24) is 14.8 Å². The molecule has 5 rings (SSSR count). The summed E-state index contributed by atoms with van der Waals surface area (Å²) in [4.78, 5) is 27.7. The molecule has 0 aliphatic carbocycles. The topological polar surface area (TPSA) is 115 Å². The van der Waals surface area contributed by atoms with Gasteiger partial charge in [-0.3, -0.25) is 20.2 Å². The van der Waals surface area contributed by atoms with E-state index in [9.17, 15) is 14.9 Å². The molecule has 174 valence electrons. The van der Waals surface area contributed by atoms with E-state index in [4.69, 9.17) is 23.2 Å². The van der Waals surface area contributed by atoms with Gasteiger partial charge in [0.05, 0.1) is 4.92 Å². The van der Waals surface area contributed by atoms with Gasteiger partial charge in [0.2, 0.25) is 5.95 Å². The zero-order chi connectivity index (χ0) is 24.5. The number of nitrogens with one attached hydrogen (secondary N) is 2. The van der Waals surface area contributed by atoms with E-state index in [1.165, 1.54) is 12.1 Å². The summed E-state index contributed by atoms with van der Waals surface area (Å²) >= 11 is 11.9. The molecule has 0 spiro atoms. The molecule has 0 fully saturated rings. The molecule has 2 heterocycles. The molecule has 4 aromatic rings. The van der Waals surface area contributed by atoms with Crippen LogP contribution in [0.15, 0.2) is 78.9 Å². The molecule has 11 heteroatoms.